The first-order chi connectivity index (χ1) is 6.75. The maximum absolute atomic E-state index is 11.0. The van der Waals surface area contributed by atoms with E-state index in [4.69, 9.17) is 4.74 Å². The number of ether oxygens (including phenoxy) is 2. The van der Waals surface area contributed by atoms with Gasteiger partial charge in [0.2, 0.25) is 5.75 Å². The largest absolute Gasteiger partial charge is 0.416 e. The molecule has 0 saturated carbocycles. The lowest BCUT2D eigenvalue weighted by molar-refractivity contribution is -0.133. The topological polar surface area (TPSA) is 91.3 Å². The first-order valence-electron chi connectivity index (χ1n) is 3.56. The molecule has 2 heterocycles. The predicted molar refractivity (Wildman–Crippen MR) is 40.2 cm³/mol. The summed E-state index contributed by atoms with van der Waals surface area (Å²) in [5, 5.41) is 10.0. The van der Waals surface area contributed by atoms with Gasteiger partial charge in [-0.15, -0.1) is 5.10 Å². The Labute approximate surface area is 77.3 Å². The van der Waals surface area contributed by atoms with Crippen LogP contribution in [0, 0.1) is 0 Å². The van der Waals surface area contributed by atoms with Gasteiger partial charge in [0.1, 0.15) is 0 Å². The van der Waals surface area contributed by atoms with Crippen molar-refractivity contribution in [2.45, 2.75) is 0 Å². The number of hydrogen-bond acceptors (Lipinski definition) is 7. The molecule has 0 bridgehead atoms. The van der Waals surface area contributed by atoms with Crippen LogP contribution in [0.4, 0.5) is 0 Å². The summed E-state index contributed by atoms with van der Waals surface area (Å²) >= 11 is 0. The molecule has 0 atom stereocenters. The van der Waals surface area contributed by atoms with Crippen LogP contribution in [0.15, 0.2) is 18.3 Å². The fourth-order valence-corrected chi connectivity index (χ4v) is 0.798. The lowest BCUT2D eigenvalue weighted by Gasteiger charge is -2.06. The van der Waals surface area contributed by atoms with Crippen molar-refractivity contribution < 1.29 is 19.1 Å². The lowest BCUT2D eigenvalue weighted by atomic mass is 10.4. The van der Waals surface area contributed by atoms with E-state index in [1.807, 2.05) is 0 Å². The quantitative estimate of drug-likeness (QED) is 0.500. The number of carbonyl (C=O) groups is 2. The summed E-state index contributed by atoms with van der Waals surface area (Å²) < 4.78 is 9.39. The van der Waals surface area contributed by atoms with Crippen molar-refractivity contribution in [3.05, 3.63) is 18.3 Å². The van der Waals surface area contributed by atoms with E-state index in [1.54, 1.807) is 0 Å². The Bertz CT molecular complexity index is 390. The van der Waals surface area contributed by atoms with Crippen LogP contribution in [0.1, 0.15) is 0 Å². The SMILES string of the molecule is O=C1/C=C\C(=O)Oc2nnncc2O1. The summed E-state index contributed by atoms with van der Waals surface area (Å²) in [7, 11) is 0. The highest BCUT2D eigenvalue weighted by Gasteiger charge is 2.16. The van der Waals surface area contributed by atoms with Crippen molar-refractivity contribution >= 4 is 11.9 Å². The predicted octanol–water partition coefficient (Wildman–Crippen LogP) is -0.748. The van der Waals surface area contributed by atoms with Gasteiger partial charge in [-0.25, -0.2) is 9.59 Å². The Hall–Kier alpha value is -2.31. The van der Waals surface area contributed by atoms with Crippen molar-refractivity contribution in [2.75, 3.05) is 0 Å². The van der Waals surface area contributed by atoms with Gasteiger partial charge in [0.25, 0.3) is 5.88 Å². The van der Waals surface area contributed by atoms with Gasteiger partial charge in [0.15, 0.2) is 0 Å². The molecule has 0 fully saturated rings. The second-order valence-corrected chi connectivity index (χ2v) is 2.28. The smallest absolute Gasteiger partial charge is 0.337 e. The summed E-state index contributed by atoms with van der Waals surface area (Å²) in [6, 6.07) is 0. The second kappa shape index (κ2) is 3.21. The molecule has 0 unspecified atom stereocenters. The van der Waals surface area contributed by atoms with Crippen molar-refractivity contribution in [2.24, 2.45) is 0 Å². The number of carbonyl (C=O) groups excluding carboxylic acids is 2. The first-order valence-corrected chi connectivity index (χ1v) is 3.56. The Morgan fingerprint density at radius 1 is 1.07 bits per heavy atom. The molecule has 1 aliphatic rings. The molecule has 0 N–H and O–H groups in total. The maximum atomic E-state index is 11.0. The van der Waals surface area contributed by atoms with E-state index in [9.17, 15) is 9.59 Å². The molecular weight excluding hydrogens is 190 g/mol. The van der Waals surface area contributed by atoms with Crippen molar-refractivity contribution in [3.8, 4) is 11.6 Å². The molecule has 70 valence electrons. The van der Waals surface area contributed by atoms with Gasteiger partial charge in [-0.2, -0.15) is 0 Å². The van der Waals surface area contributed by atoms with Gasteiger partial charge >= 0.3 is 11.9 Å². The zero-order valence-corrected chi connectivity index (χ0v) is 6.71. The van der Waals surface area contributed by atoms with Crippen LogP contribution < -0.4 is 9.47 Å². The monoisotopic (exact) mass is 193 g/mol. The van der Waals surface area contributed by atoms with Gasteiger partial charge in [-0.3, -0.25) is 0 Å². The van der Waals surface area contributed by atoms with Crippen LogP contribution >= 0.6 is 0 Å². The van der Waals surface area contributed by atoms with E-state index in [-0.39, 0.29) is 11.6 Å². The van der Waals surface area contributed by atoms with Crippen LogP contribution in [0.5, 0.6) is 11.6 Å². The van der Waals surface area contributed by atoms with E-state index in [2.05, 4.69) is 20.1 Å². The van der Waals surface area contributed by atoms with Gasteiger partial charge in [0, 0.05) is 12.2 Å². The second-order valence-electron chi connectivity index (χ2n) is 2.28. The molecule has 0 aliphatic carbocycles. The van der Waals surface area contributed by atoms with Crippen LogP contribution in [-0.4, -0.2) is 27.3 Å². The minimum absolute atomic E-state index is 0.0392. The molecule has 7 nitrogen and oxygen atoms in total. The third kappa shape index (κ3) is 1.56. The highest BCUT2D eigenvalue weighted by molar-refractivity contribution is 5.94. The van der Waals surface area contributed by atoms with Crippen LogP contribution in [0.25, 0.3) is 0 Å². The van der Waals surface area contributed by atoms with Crippen LogP contribution in [-0.2, 0) is 9.59 Å². The van der Waals surface area contributed by atoms with E-state index >= 15 is 0 Å². The Morgan fingerprint density at radius 2 is 1.79 bits per heavy atom. The molecular formula is C7H3N3O4. The molecule has 0 saturated heterocycles. The zero-order chi connectivity index (χ0) is 9.97. The average molecular weight is 193 g/mol. The molecule has 14 heavy (non-hydrogen) atoms. The van der Waals surface area contributed by atoms with Crippen LogP contribution in [0.3, 0.4) is 0 Å². The standard InChI is InChI=1S/C7H3N3O4/c11-5-1-2-6(12)14-7-4(13-5)3-8-10-9-7/h1-3H/b2-1-. The first kappa shape index (κ1) is 8.30. The minimum Gasteiger partial charge on any atom is -0.416 e. The van der Waals surface area contributed by atoms with Crippen molar-refractivity contribution in [3.63, 3.8) is 0 Å². The average Bonchev–Trinajstić information content (AvgIpc) is 2.16. The summed E-state index contributed by atoms with van der Waals surface area (Å²) in [6.45, 7) is 0. The molecule has 1 aromatic heterocycles. The van der Waals surface area contributed by atoms with Gasteiger partial charge in [0.05, 0.1) is 6.20 Å². The summed E-state index contributed by atoms with van der Waals surface area (Å²) in [5.74, 6) is -1.63. The Balaban J connectivity index is 2.44. The highest BCUT2D eigenvalue weighted by Crippen LogP contribution is 2.22. The van der Waals surface area contributed by atoms with E-state index in [0.717, 1.165) is 18.3 Å². The molecule has 1 aliphatic heterocycles. The number of nitrogens with zero attached hydrogens (tertiary/aromatic N) is 3. The van der Waals surface area contributed by atoms with Gasteiger partial charge in [-0.1, -0.05) is 5.10 Å². The van der Waals surface area contributed by atoms with E-state index < -0.39 is 11.9 Å². The Kier molecular flexibility index (Phi) is 1.90. The number of rotatable bonds is 0. The lowest BCUT2D eigenvalue weighted by Crippen LogP contribution is -2.15. The van der Waals surface area contributed by atoms with Crippen LogP contribution in [0.2, 0.25) is 0 Å². The van der Waals surface area contributed by atoms with Crippen molar-refractivity contribution in [1.82, 2.24) is 15.4 Å². The van der Waals surface area contributed by atoms with Gasteiger partial charge in [-0.05, 0) is 5.21 Å². The Morgan fingerprint density at radius 3 is 2.57 bits per heavy atom. The normalized spacial score (nSPS) is 17.1. The van der Waals surface area contributed by atoms with E-state index in [0.29, 0.717) is 0 Å². The third-order valence-corrected chi connectivity index (χ3v) is 1.34. The number of esters is 2. The molecule has 0 spiro atoms. The number of aromatic nitrogens is 3. The number of fused-ring (bicyclic) bond motifs is 1. The van der Waals surface area contributed by atoms with E-state index in [1.165, 1.54) is 0 Å². The van der Waals surface area contributed by atoms with Crippen molar-refractivity contribution in [1.29, 1.82) is 0 Å². The molecule has 7 heteroatoms. The number of hydrogen-bond donors (Lipinski definition) is 0. The third-order valence-electron chi connectivity index (χ3n) is 1.34. The fraction of sp³-hybridized carbons (Fsp3) is 0. The molecule has 0 amide bonds. The molecule has 2 rings (SSSR count). The summed E-state index contributed by atoms with van der Waals surface area (Å²) in [6.07, 6.45) is 3.02. The molecule has 0 aromatic carbocycles. The fourth-order valence-electron chi connectivity index (χ4n) is 0.798. The molecule has 1 aromatic rings. The maximum Gasteiger partial charge on any atom is 0.337 e. The highest BCUT2D eigenvalue weighted by atomic mass is 16.6. The summed E-state index contributed by atoms with van der Waals surface area (Å²) in [4.78, 5) is 21.9. The van der Waals surface area contributed by atoms with Gasteiger partial charge < -0.3 is 9.47 Å². The summed E-state index contributed by atoms with van der Waals surface area (Å²) in [5.41, 5.74) is 0. The zero-order valence-electron chi connectivity index (χ0n) is 6.71. The molecule has 0 radical (unpaired) electrons. The minimum atomic E-state index is -0.719.